The molecule has 0 amide bonds. The molecule has 0 spiro atoms. The minimum absolute atomic E-state index is 0.0803. The summed E-state index contributed by atoms with van der Waals surface area (Å²) in [5, 5.41) is 8.72. The molecule has 0 fully saturated rings. The minimum atomic E-state index is -0.914. The van der Waals surface area contributed by atoms with Gasteiger partial charge in [0.1, 0.15) is 5.75 Å². The summed E-state index contributed by atoms with van der Waals surface area (Å²) in [6, 6.07) is 4.99. The molecule has 0 aliphatic carbocycles. The van der Waals surface area contributed by atoms with Crippen LogP contribution in [0.5, 0.6) is 5.75 Å². The first-order valence-electron chi connectivity index (χ1n) is 5.21. The smallest absolute Gasteiger partial charge is 0.330 e. The molecule has 0 radical (unpaired) electrons. The van der Waals surface area contributed by atoms with Gasteiger partial charge in [-0.3, -0.25) is 4.79 Å². The second kappa shape index (κ2) is 6.44. The normalized spacial score (nSPS) is 10.3. The molecule has 1 aromatic carbocycles. The molecule has 1 aromatic rings. The van der Waals surface area contributed by atoms with Crippen LogP contribution in [-0.2, 0) is 20.7 Å². The van der Waals surface area contributed by atoms with Gasteiger partial charge in [0.15, 0.2) is 0 Å². The Morgan fingerprint density at radius 3 is 2.61 bits per heavy atom. The van der Waals surface area contributed by atoms with Crippen LogP contribution in [0, 0.1) is 0 Å². The van der Waals surface area contributed by atoms with Gasteiger partial charge in [0.25, 0.3) is 0 Å². The predicted octanol–water partition coefficient (Wildman–Crippen LogP) is 1.51. The van der Waals surface area contributed by atoms with Crippen LogP contribution in [0.3, 0.4) is 0 Å². The first-order valence-corrected chi connectivity index (χ1v) is 5.21. The second-order valence-electron chi connectivity index (χ2n) is 3.50. The molecular weight excluding hydrogens is 236 g/mol. The van der Waals surface area contributed by atoms with Crippen LogP contribution in [0.2, 0.25) is 0 Å². The lowest BCUT2D eigenvalue weighted by Gasteiger charge is -2.06. The molecule has 0 atom stereocenters. The third-order valence-electron chi connectivity index (χ3n) is 2.25. The van der Waals surface area contributed by atoms with Crippen molar-refractivity contribution in [2.75, 3.05) is 14.2 Å². The van der Waals surface area contributed by atoms with Gasteiger partial charge in [0.2, 0.25) is 0 Å². The number of carbonyl (C=O) groups excluding carboxylic acids is 1. The maximum atomic E-state index is 11.0. The van der Waals surface area contributed by atoms with Gasteiger partial charge in [-0.15, -0.1) is 0 Å². The van der Waals surface area contributed by atoms with Crippen LogP contribution in [0.25, 0.3) is 6.08 Å². The molecular formula is C13H14O5. The van der Waals surface area contributed by atoms with E-state index in [0.29, 0.717) is 16.9 Å². The molecule has 0 aromatic heterocycles. The Labute approximate surface area is 105 Å². The highest BCUT2D eigenvalue weighted by Gasteiger charge is 2.05. The van der Waals surface area contributed by atoms with E-state index >= 15 is 0 Å². The minimum Gasteiger partial charge on any atom is -0.496 e. The van der Waals surface area contributed by atoms with Gasteiger partial charge in [0, 0.05) is 11.6 Å². The van der Waals surface area contributed by atoms with E-state index in [1.807, 2.05) is 0 Å². The van der Waals surface area contributed by atoms with Crippen molar-refractivity contribution < 1.29 is 24.2 Å². The van der Waals surface area contributed by atoms with E-state index in [-0.39, 0.29) is 6.42 Å². The zero-order chi connectivity index (χ0) is 13.5. The topological polar surface area (TPSA) is 72.8 Å². The van der Waals surface area contributed by atoms with Crippen molar-refractivity contribution in [2.24, 2.45) is 0 Å². The molecule has 5 nitrogen and oxygen atoms in total. The van der Waals surface area contributed by atoms with Crippen molar-refractivity contribution in [2.45, 2.75) is 6.42 Å². The highest BCUT2D eigenvalue weighted by molar-refractivity contribution is 5.87. The van der Waals surface area contributed by atoms with Gasteiger partial charge in [-0.2, -0.15) is 0 Å². The fourth-order valence-electron chi connectivity index (χ4n) is 1.42. The van der Waals surface area contributed by atoms with E-state index in [1.54, 1.807) is 18.2 Å². The Morgan fingerprint density at radius 1 is 1.33 bits per heavy atom. The molecule has 96 valence electrons. The number of carboxylic acids is 1. The van der Waals surface area contributed by atoms with Crippen LogP contribution in [0.4, 0.5) is 0 Å². The predicted molar refractivity (Wildman–Crippen MR) is 65.4 cm³/mol. The Balaban J connectivity index is 3.02. The summed E-state index contributed by atoms with van der Waals surface area (Å²) in [6.45, 7) is 0. The van der Waals surface area contributed by atoms with Gasteiger partial charge >= 0.3 is 11.9 Å². The van der Waals surface area contributed by atoms with Gasteiger partial charge in [-0.25, -0.2) is 4.79 Å². The van der Waals surface area contributed by atoms with E-state index in [0.717, 1.165) is 0 Å². The summed E-state index contributed by atoms with van der Waals surface area (Å²) >= 11 is 0. The Kier molecular flexibility index (Phi) is 4.92. The number of ether oxygens (including phenoxy) is 2. The second-order valence-corrected chi connectivity index (χ2v) is 3.50. The third-order valence-corrected chi connectivity index (χ3v) is 2.25. The van der Waals surface area contributed by atoms with E-state index in [4.69, 9.17) is 9.84 Å². The number of methoxy groups -OCH3 is 2. The first kappa shape index (κ1) is 13.8. The van der Waals surface area contributed by atoms with Crippen LogP contribution < -0.4 is 4.74 Å². The fourth-order valence-corrected chi connectivity index (χ4v) is 1.42. The monoisotopic (exact) mass is 250 g/mol. The Morgan fingerprint density at radius 2 is 2.06 bits per heavy atom. The number of aliphatic carboxylic acids is 1. The SMILES string of the molecule is COC(=O)C=Cc1cc(CC(=O)O)ccc1OC. The van der Waals surface area contributed by atoms with Gasteiger partial charge in [0.05, 0.1) is 20.6 Å². The van der Waals surface area contributed by atoms with Crippen LogP contribution in [-0.4, -0.2) is 31.3 Å². The number of benzene rings is 1. The van der Waals surface area contributed by atoms with E-state index in [2.05, 4.69) is 4.74 Å². The molecule has 0 heterocycles. The van der Waals surface area contributed by atoms with E-state index in [9.17, 15) is 9.59 Å². The maximum Gasteiger partial charge on any atom is 0.330 e. The maximum absolute atomic E-state index is 11.0. The summed E-state index contributed by atoms with van der Waals surface area (Å²) < 4.78 is 9.60. The molecule has 0 aliphatic heterocycles. The highest BCUT2D eigenvalue weighted by atomic mass is 16.5. The molecule has 0 aliphatic rings. The highest BCUT2D eigenvalue weighted by Crippen LogP contribution is 2.21. The van der Waals surface area contributed by atoms with Gasteiger partial charge < -0.3 is 14.6 Å². The zero-order valence-electron chi connectivity index (χ0n) is 10.2. The number of esters is 1. The lowest BCUT2D eigenvalue weighted by Crippen LogP contribution is -2.01. The van der Waals surface area contributed by atoms with Crippen molar-refractivity contribution in [1.29, 1.82) is 0 Å². The van der Waals surface area contributed by atoms with Crippen LogP contribution in [0.1, 0.15) is 11.1 Å². The Bertz CT molecular complexity index is 476. The summed E-state index contributed by atoms with van der Waals surface area (Å²) in [5.41, 5.74) is 1.26. The van der Waals surface area contributed by atoms with E-state index in [1.165, 1.54) is 26.4 Å². The fraction of sp³-hybridized carbons (Fsp3) is 0.231. The van der Waals surface area contributed by atoms with Gasteiger partial charge in [-0.1, -0.05) is 6.07 Å². The molecule has 1 rings (SSSR count). The van der Waals surface area contributed by atoms with Crippen LogP contribution in [0.15, 0.2) is 24.3 Å². The molecule has 18 heavy (non-hydrogen) atoms. The number of carbonyl (C=O) groups is 2. The molecule has 0 saturated heterocycles. The zero-order valence-corrected chi connectivity index (χ0v) is 10.2. The standard InChI is InChI=1S/C13H14O5/c1-17-11-5-3-9(8-12(14)15)7-10(11)4-6-13(16)18-2/h3-7H,8H2,1-2H3,(H,14,15). The van der Waals surface area contributed by atoms with Crippen molar-refractivity contribution in [3.63, 3.8) is 0 Å². The third kappa shape index (κ3) is 3.93. The number of carboxylic acid groups (broad SMARTS) is 1. The van der Waals surface area contributed by atoms with Crippen molar-refractivity contribution in [3.8, 4) is 5.75 Å². The number of hydrogen-bond donors (Lipinski definition) is 1. The average molecular weight is 250 g/mol. The lowest BCUT2D eigenvalue weighted by molar-refractivity contribution is -0.136. The van der Waals surface area contributed by atoms with Crippen molar-refractivity contribution in [3.05, 3.63) is 35.4 Å². The first-order chi connectivity index (χ1) is 8.56. The van der Waals surface area contributed by atoms with Gasteiger partial charge in [-0.05, 0) is 23.8 Å². The lowest BCUT2D eigenvalue weighted by atomic mass is 10.1. The summed E-state index contributed by atoms with van der Waals surface area (Å²) in [5.74, 6) is -0.840. The molecule has 1 N–H and O–H groups in total. The Hall–Kier alpha value is -2.30. The van der Waals surface area contributed by atoms with Crippen molar-refractivity contribution >= 4 is 18.0 Å². The molecule has 0 saturated carbocycles. The number of rotatable bonds is 5. The summed E-state index contributed by atoms with van der Waals surface area (Å²) in [6.07, 6.45) is 2.70. The average Bonchev–Trinajstić information content (AvgIpc) is 2.35. The van der Waals surface area contributed by atoms with Crippen LogP contribution >= 0.6 is 0 Å². The van der Waals surface area contributed by atoms with E-state index < -0.39 is 11.9 Å². The summed E-state index contributed by atoms with van der Waals surface area (Å²) in [4.78, 5) is 21.6. The molecule has 0 unspecified atom stereocenters. The van der Waals surface area contributed by atoms with Crippen molar-refractivity contribution in [1.82, 2.24) is 0 Å². The quantitative estimate of drug-likeness (QED) is 0.633. The summed E-state index contributed by atoms with van der Waals surface area (Å²) in [7, 11) is 2.78. The largest absolute Gasteiger partial charge is 0.496 e. The number of hydrogen-bond acceptors (Lipinski definition) is 4. The molecule has 5 heteroatoms. The molecule has 0 bridgehead atoms.